The first kappa shape index (κ1) is 33.3. The highest BCUT2D eigenvalue weighted by molar-refractivity contribution is 5.84. The summed E-state index contributed by atoms with van der Waals surface area (Å²) in [6.07, 6.45) is 3.47. The van der Waals surface area contributed by atoms with Crippen molar-refractivity contribution in [2.45, 2.75) is 112 Å². The summed E-state index contributed by atoms with van der Waals surface area (Å²) >= 11 is 0. The van der Waals surface area contributed by atoms with Crippen LogP contribution in [-0.4, -0.2) is 40.8 Å². The number of benzene rings is 2. The summed E-state index contributed by atoms with van der Waals surface area (Å²) in [7, 11) is 0. The summed E-state index contributed by atoms with van der Waals surface area (Å²) < 4.78 is 5.80. The molecule has 1 amide bonds. The predicted octanol–water partition coefficient (Wildman–Crippen LogP) is 6.74. The molecule has 1 unspecified atom stereocenters. The van der Waals surface area contributed by atoms with Gasteiger partial charge in [-0.3, -0.25) is 4.79 Å². The van der Waals surface area contributed by atoms with Gasteiger partial charge in [0.1, 0.15) is 11.8 Å². The third-order valence-electron chi connectivity index (χ3n) is 8.22. The molecule has 2 rings (SSSR count). The normalized spacial score (nSPS) is 13.7. The average Bonchev–Trinajstić information content (AvgIpc) is 2.87. The van der Waals surface area contributed by atoms with Crippen molar-refractivity contribution in [3.63, 3.8) is 0 Å². The van der Waals surface area contributed by atoms with E-state index in [4.69, 9.17) is 4.74 Å². The Bertz CT molecular complexity index is 1140. The van der Waals surface area contributed by atoms with Gasteiger partial charge in [0.25, 0.3) is 5.91 Å². The number of aliphatic hydroxyl groups excluding tert-OH is 1. The second-order valence-corrected chi connectivity index (χ2v) is 12.7. The lowest BCUT2D eigenvalue weighted by Crippen LogP contribution is -2.43. The Morgan fingerprint density at radius 1 is 0.950 bits per heavy atom. The van der Waals surface area contributed by atoms with E-state index < -0.39 is 17.9 Å². The van der Waals surface area contributed by atoms with E-state index in [-0.39, 0.29) is 29.5 Å². The van der Waals surface area contributed by atoms with Gasteiger partial charge in [-0.25, -0.2) is 4.79 Å². The van der Waals surface area contributed by atoms with E-state index in [0.717, 1.165) is 31.2 Å². The molecule has 0 saturated carbocycles. The molecule has 0 fully saturated rings. The number of nitrogens with one attached hydrogen (secondary N) is 1. The Kier molecular flexibility index (Phi) is 11.8. The van der Waals surface area contributed by atoms with Crippen LogP contribution in [0, 0.1) is 25.2 Å². The van der Waals surface area contributed by atoms with Crippen LogP contribution in [0.2, 0.25) is 0 Å². The molecule has 0 aliphatic carbocycles. The second-order valence-electron chi connectivity index (χ2n) is 12.7. The van der Waals surface area contributed by atoms with Crippen LogP contribution in [0.1, 0.15) is 102 Å². The van der Waals surface area contributed by atoms with E-state index >= 15 is 0 Å². The van der Waals surface area contributed by atoms with Crippen LogP contribution in [-0.2, 0) is 21.4 Å². The van der Waals surface area contributed by atoms with Crippen LogP contribution in [0.15, 0.2) is 36.4 Å². The number of ether oxygens (including phenoxy) is 1. The van der Waals surface area contributed by atoms with Gasteiger partial charge < -0.3 is 20.3 Å². The number of aliphatic carboxylic acids is 1. The van der Waals surface area contributed by atoms with E-state index in [2.05, 4.69) is 77.2 Å². The summed E-state index contributed by atoms with van der Waals surface area (Å²) in [6, 6.07) is 12.0. The van der Waals surface area contributed by atoms with Crippen molar-refractivity contribution in [3.8, 4) is 5.75 Å². The number of hydrogen-bond donors (Lipinski definition) is 3. The van der Waals surface area contributed by atoms with Crippen molar-refractivity contribution in [1.29, 1.82) is 0 Å². The molecule has 0 spiro atoms. The van der Waals surface area contributed by atoms with Gasteiger partial charge in [-0.05, 0) is 91.2 Å². The van der Waals surface area contributed by atoms with Crippen molar-refractivity contribution < 1.29 is 24.5 Å². The maximum atomic E-state index is 12.4. The van der Waals surface area contributed by atoms with E-state index in [1.54, 1.807) is 0 Å². The molecular weight excluding hydrogens is 502 g/mol. The fraction of sp³-hybridized carbons (Fsp3) is 0.588. The minimum atomic E-state index is -1.04. The fourth-order valence-corrected chi connectivity index (χ4v) is 5.41. The molecular formula is C34H51NO5. The van der Waals surface area contributed by atoms with Crippen LogP contribution in [0.4, 0.5) is 0 Å². The Balaban J connectivity index is 2.21. The molecule has 2 aromatic carbocycles. The Hall–Kier alpha value is -2.86. The highest BCUT2D eigenvalue weighted by Gasteiger charge is 2.32. The zero-order valence-corrected chi connectivity index (χ0v) is 26.1. The van der Waals surface area contributed by atoms with Gasteiger partial charge in [-0.15, -0.1) is 0 Å². The third kappa shape index (κ3) is 8.57. The van der Waals surface area contributed by atoms with Gasteiger partial charge in [-0.2, -0.15) is 0 Å². The summed E-state index contributed by atoms with van der Waals surface area (Å²) in [4.78, 5) is 23.9. The molecule has 0 aliphatic rings. The molecule has 6 heteroatoms. The van der Waals surface area contributed by atoms with Crippen LogP contribution < -0.4 is 10.1 Å². The zero-order chi connectivity index (χ0) is 30.3. The number of hydrogen-bond acceptors (Lipinski definition) is 4. The van der Waals surface area contributed by atoms with E-state index in [1.165, 1.54) is 22.3 Å². The van der Waals surface area contributed by atoms with Crippen molar-refractivity contribution in [3.05, 3.63) is 64.2 Å². The number of aryl methyl sites for hydroxylation is 3. The Labute approximate surface area is 241 Å². The number of aliphatic hydroxyl groups is 1. The average molecular weight is 554 g/mol. The van der Waals surface area contributed by atoms with Crippen LogP contribution in [0.25, 0.3) is 0 Å². The van der Waals surface area contributed by atoms with E-state index in [0.29, 0.717) is 12.2 Å². The summed E-state index contributed by atoms with van der Waals surface area (Å²) in [5.41, 5.74) is 5.62. The molecule has 0 aliphatic heterocycles. The fourth-order valence-electron chi connectivity index (χ4n) is 5.41. The third-order valence-corrected chi connectivity index (χ3v) is 8.22. The minimum Gasteiger partial charge on any atom is -0.484 e. The van der Waals surface area contributed by atoms with Crippen molar-refractivity contribution in [2.24, 2.45) is 11.3 Å². The number of carboxylic acids is 1. The summed E-state index contributed by atoms with van der Waals surface area (Å²) in [5.74, 6) is -0.724. The zero-order valence-electron chi connectivity index (χ0n) is 26.1. The van der Waals surface area contributed by atoms with Crippen LogP contribution in [0.3, 0.4) is 0 Å². The second kappa shape index (κ2) is 14.2. The lowest BCUT2D eigenvalue weighted by Gasteiger charge is -2.34. The lowest BCUT2D eigenvalue weighted by molar-refractivity contribution is -0.142. The Morgan fingerprint density at radius 3 is 2.00 bits per heavy atom. The standard InChI is InChI=1S/C34H51NO5/c1-10-34(11-2,26-14-12-25(23(5)19-26)13-17-30(36)33(7,8)9)27-15-16-29(24(6)20-27)40-21-31(37)35-28(32(38)39)18-22(3)4/h12,14-16,19-20,22,28,30,36H,10-11,13,17-18,21H2,1-9H3,(H,35,37)(H,38,39)/t28?,30-/m0/s1. The minimum absolute atomic E-state index is 0.125. The number of rotatable bonds is 14. The van der Waals surface area contributed by atoms with Gasteiger partial charge in [0, 0.05) is 5.41 Å². The van der Waals surface area contributed by atoms with Crippen molar-refractivity contribution >= 4 is 11.9 Å². The predicted molar refractivity (Wildman–Crippen MR) is 162 cm³/mol. The highest BCUT2D eigenvalue weighted by Crippen LogP contribution is 2.41. The van der Waals surface area contributed by atoms with E-state index in [1.807, 2.05) is 26.8 Å². The number of carbonyl (C=O) groups excluding carboxylic acids is 1. The molecule has 2 aromatic rings. The maximum Gasteiger partial charge on any atom is 0.326 e. The van der Waals surface area contributed by atoms with Gasteiger partial charge in [0.2, 0.25) is 0 Å². The van der Waals surface area contributed by atoms with Crippen LogP contribution >= 0.6 is 0 Å². The summed E-state index contributed by atoms with van der Waals surface area (Å²) in [5, 5.41) is 22.5. The summed E-state index contributed by atoms with van der Waals surface area (Å²) in [6.45, 7) is 18.4. The van der Waals surface area contributed by atoms with Gasteiger partial charge in [0.15, 0.2) is 6.61 Å². The van der Waals surface area contributed by atoms with Crippen LogP contribution in [0.5, 0.6) is 5.75 Å². The lowest BCUT2D eigenvalue weighted by atomic mass is 9.69. The van der Waals surface area contributed by atoms with Crippen molar-refractivity contribution in [2.75, 3.05) is 6.61 Å². The number of amides is 1. The first-order chi connectivity index (χ1) is 18.6. The molecule has 2 atom stereocenters. The molecule has 0 bridgehead atoms. The maximum absolute atomic E-state index is 12.4. The molecule has 0 radical (unpaired) electrons. The first-order valence-electron chi connectivity index (χ1n) is 14.7. The molecule has 6 nitrogen and oxygen atoms in total. The van der Waals surface area contributed by atoms with Gasteiger partial charge >= 0.3 is 5.97 Å². The quantitative estimate of drug-likeness (QED) is 0.241. The number of carbonyl (C=O) groups is 2. The molecule has 40 heavy (non-hydrogen) atoms. The molecule has 222 valence electrons. The highest BCUT2D eigenvalue weighted by atomic mass is 16.5. The van der Waals surface area contributed by atoms with Gasteiger partial charge in [0.05, 0.1) is 6.10 Å². The Morgan fingerprint density at radius 2 is 1.52 bits per heavy atom. The topological polar surface area (TPSA) is 95.9 Å². The van der Waals surface area contributed by atoms with Gasteiger partial charge in [-0.1, -0.05) is 78.8 Å². The molecule has 3 N–H and O–H groups in total. The molecule has 0 aromatic heterocycles. The monoisotopic (exact) mass is 553 g/mol. The molecule has 0 heterocycles. The van der Waals surface area contributed by atoms with E-state index in [9.17, 15) is 19.8 Å². The number of carboxylic acid groups (broad SMARTS) is 1. The SMILES string of the molecule is CCC(CC)(c1ccc(CC[C@H](O)C(C)(C)C)c(C)c1)c1ccc(OCC(=O)NC(CC(C)C)C(=O)O)c(C)c1. The molecule has 0 saturated heterocycles. The van der Waals surface area contributed by atoms with Crippen molar-refractivity contribution in [1.82, 2.24) is 5.32 Å². The smallest absolute Gasteiger partial charge is 0.326 e. The first-order valence-corrected chi connectivity index (χ1v) is 14.7. The largest absolute Gasteiger partial charge is 0.484 e.